The lowest BCUT2D eigenvalue weighted by molar-refractivity contribution is -0.120. The van der Waals surface area contributed by atoms with Crippen LogP contribution in [0.3, 0.4) is 0 Å². The van der Waals surface area contributed by atoms with E-state index in [1.54, 1.807) is 0 Å². The van der Waals surface area contributed by atoms with Crippen LogP contribution in [-0.4, -0.2) is 47.7 Å². The van der Waals surface area contributed by atoms with Crippen molar-refractivity contribution < 1.29 is 14.3 Å². The van der Waals surface area contributed by atoms with Crippen molar-refractivity contribution in [1.82, 2.24) is 4.90 Å². The highest BCUT2D eigenvalue weighted by Gasteiger charge is 2.44. The third kappa shape index (κ3) is 2.71. The van der Waals surface area contributed by atoms with Crippen LogP contribution in [0, 0.1) is 13.8 Å². The van der Waals surface area contributed by atoms with E-state index < -0.39 is 5.37 Å². The van der Waals surface area contributed by atoms with E-state index in [4.69, 9.17) is 4.74 Å². The number of thioether (sulfide) groups is 1. The lowest BCUT2D eigenvalue weighted by atomic mass is 10.1. The Morgan fingerprint density at radius 2 is 1.86 bits per heavy atom. The Bertz CT molecular complexity index is 584. The Balaban J connectivity index is 1.84. The molecule has 2 heterocycles. The van der Waals surface area contributed by atoms with Crippen LogP contribution in [0.1, 0.15) is 11.1 Å². The molecule has 0 spiro atoms. The monoisotopic (exact) mass is 306 g/mol. The minimum absolute atomic E-state index is 0.143. The van der Waals surface area contributed by atoms with E-state index in [9.17, 15) is 9.59 Å². The quantitative estimate of drug-likeness (QED) is 0.838. The van der Waals surface area contributed by atoms with E-state index in [-0.39, 0.29) is 11.1 Å². The van der Waals surface area contributed by atoms with Gasteiger partial charge in [-0.15, -0.1) is 0 Å². The van der Waals surface area contributed by atoms with Crippen LogP contribution in [0.2, 0.25) is 0 Å². The zero-order chi connectivity index (χ0) is 15.0. The highest BCUT2D eigenvalue weighted by molar-refractivity contribution is 8.15. The molecule has 2 saturated heterocycles. The van der Waals surface area contributed by atoms with Crippen LogP contribution >= 0.6 is 11.8 Å². The Labute approximate surface area is 128 Å². The fraction of sp³-hybridized carbons (Fsp3) is 0.467. The molecule has 1 unspecified atom stereocenters. The van der Waals surface area contributed by atoms with E-state index in [2.05, 4.69) is 0 Å². The number of imide groups is 1. The van der Waals surface area contributed by atoms with Crippen molar-refractivity contribution in [2.24, 2.45) is 0 Å². The van der Waals surface area contributed by atoms with Crippen LogP contribution in [-0.2, 0) is 9.53 Å². The summed E-state index contributed by atoms with van der Waals surface area (Å²) in [5, 5.41) is -0.609. The van der Waals surface area contributed by atoms with E-state index in [1.807, 2.05) is 36.9 Å². The van der Waals surface area contributed by atoms with Gasteiger partial charge in [-0.3, -0.25) is 14.5 Å². The van der Waals surface area contributed by atoms with Gasteiger partial charge >= 0.3 is 0 Å². The lowest BCUT2D eigenvalue weighted by Gasteiger charge is -2.29. The number of amides is 2. The molecule has 21 heavy (non-hydrogen) atoms. The maximum absolute atomic E-state index is 12.6. The Morgan fingerprint density at radius 1 is 1.14 bits per heavy atom. The molecule has 2 fully saturated rings. The maximum Gasteiger partial charge on any atom is 0.295 e. The molecule has 6 heteroatoms. The van der Waals surface area contributed by atoms with Gasteiger partial charge in [-0.05, 0) is 48.9 Å². The van der Waals surface area contributed by atoms with E-state index >= 15 is 0 Å². The second kappa shape index (κ2) is 5.79. The van der Waals surface area contributed by atoms with Crippen LogP contribution in [0.25, 0.3) is 0 Å². The van der Waals surface area contributed by atoms with Crippen molar-refractivity contribution in [3.8, 4) is 0 Å². The SMILES string of the molecule is Cc1ccc(N2C(=O)SC(N3CCOCC3)C2=O)cc1C. The third-order valence-corrected chi connectivity index (χ3v) is 5.06. The highest BCUT2D eigenvalue weighted by atomic mass is 32.2. The predicted octanol–water partition coefficient (Wildman–Crippen LogP) is 2.16. The topological polar surface area (TPSA) is 49.9 Å². The number of ether oxygens (including phenoxy) is 1. The molecule has 0 radical (unpaired) electrons. The first kappa shape index (κ1) is 14.6. The fourth-order valence-corrected chi connectivity index (χ4v) is 3.60. The summed E-state index contributed by atoms with van der Waals surface area (Å²) in [6.07, 6.45) is 0. The van der Waals surface area contributed by atoms with Gasteiger partial charge < -0.3 is 4.74 Å². The van der Waals surface area contributed by atoms with Gasteiger partial charge in [-0.25, -0.2) is 4.90 Å². The predicted molar refractivity (Wildman–Crippen MR) is 82.6 cm³/mol. The van der Waals surface area contributed by atoms with Crippen molar-refractivity contribution in [3.05, 3.63) is 29.3 Å². The summed E-state index contributed by atoms with van der Waals surface area (Å²) in [4.78, 5) is 28.2. The normalized spacial score (nSPS) is 23.9. The van der Waals surface area contributed by atoms with Gasteiger partial charge in [0.05, 0.1) is 18.9 Å². The van der Waals surface area contributed by atoms with Crippen LogP contribution in [0.4, 0.5) is 10.5 Å². The average molecular weight is 306 g/mol. The molecule has 1 aromatic rings. The number of rotatable bonds is 2. The molecule has 2 aliphatic heterocycles. The van der Waals surface area contributed by atoms with Crippen molar-refractivity contribution in [3.63, 3.8) is 0 Å². The molecule has 5 nitrogen and oxygen atoms in total. The van der Waals surface area contributed by atoms with Gasteiger partial charge in [0.2, 0.25) is 0 Å². The summed E-state index contributed by atoms with van der Waals surface area (Å²) in [5.74, 6) is -0.143. The molecule has 0 aromatic heterocycles. The molecule has 2 aliphatic rings. The molecule has 3 rings (SSSR count). The Morgan fingerprint density at radius 3 is 2.52 bits per heavy atom. The molecule has 2 amide bonds. The number of benzene rings is 1. The van der Waals surface area contributed by atoms with Gasteiger partial charge in [0.1, 0.15) is 5.37 Å². The Hall–Kier alpha value is -1.37. The number of morpholine rings is 1. The van der Waals surface area contributed by atoms with Crippen molar-refractivity contribution in [2.45, 2.75) is 19.2 Å². The molecule has 112 valence electrons. The molecule has 0 bridgehead atoms. The second-order valence-corrected chi connectivity index (χ2v) is 6.36. The molecule has 1 atom stereocenters. The molecule has 0 N–H and O–H groups in total. The molecular formula is C15H18N2O3S. The second-order valence-electron chi connectivity index (χ2n) is 5.33. The van der Waals surface area contributed by atoms with E-state index in [0.717, 1.165) is 22.9 Å². The van der Waals surface area contributed by atoms with Gasteiger partial charge in [-0.2, -0.15) is 0 Å². The van der Waals surface area contributed by atoms with Crippen molar-refractivity contribution >= 4 is 28.6 Å². The van der Waals surface area contributed by atoms with Gasteiger partial charge in [-0.1, -0.05) is 6.07 Å². The van der Waals surface area contributed by atoms with Crippen molar-refractivity contribution in [2.75, 3.05) is 31.2 Å². The third-order valence-electron chi connectivity index (χ3n) is 3.95. The largest absolute Gasteiger partial charge is 0.379 e. The average Bonchev–Trinajstić information content (AvgIpc) is 2.78. The Kier molecular flexibility index (Phi) is 4.01. The van der Waals surface area contributed by atoms with E-state index in [0.29, 0.717) is 32.0 Å². The number of aryl methyl sites for hydroxylation is 2. The number of anilines is 1. The summed E-state index contributed by atoms with van der Waals surface area (Å²) < 4.78 is 5.30. The summed E-state index contributed by atoms with van der Waals surface area (Å²) in [6, 6.07) is 5.67. The molecule has 1 aromatic carbocycles. The highest BCUT2D eigenvalue weighted by Crippen LogP contribution is 2.34. The summed E-state index contributed by atoms with van der Waals surface area (Å²) in [6.45, 7) is 6.60. The fourth-order valence-electron chi connectivity index (χ4n) is 2.54. The first-order valence-corrected chi connectivity index (χ1v) is 7.89. The number of carbonyl (C=O) groups is 2. The molecule has 0 saturated carbocycles. The van der Waals surface area contributed by atoms with Gasteiger partial charge in [0.15, 0.2) is 0 Å². The van der Waals surface area contributed by atoms with E-state index in [1.165, 1.54) is 4.90 Å². The van der Waals surface area contributed by atoms with Crippen LogP contribution in [0.5, 0.6) is 0 Å². The zero-order valence-corrected chi connectivity index (χ0v) is 13.0. The van der Waals surface area contributed by atoms with Crippen LogP contribution in [0.15, 0.2) is 18.2 Å². The van der Waals surface area contributed by atoms with Crippen molar-refractivity contribution in [1.29, 1.82) is 0 Å². The molecular weight excluding hydrogens is 288 g/mol. The minimum Gasteiger partial charge on any atom is -0.379 e. The number of hydrogen-bond donors (Lipinski definition) is 0. The zero-order valence-electron chi connectivity index (χ0n) is 12.2. The summed E-state index contributed by atoms with van der Waals surface area (Å²) in [7, 11) is 0. The standard InChI is InChI=1S/C15H18N2O3S/c1-10-3-4-12(9-11(10)2)17-13(18)14(21-15(17)19)16-5-7-20-8-6-16/h3-4,9,14H,5-8H2,1-2H3. The van der Waals surface area contributed by atoms with Gasteiger partial charge in [0, 0.05) is 13.1 Å². The summed E-state index contributed by atoms with van der Waals surface area (Å²) >= 11 is 1.10. The van der Waals surface area contributed by atoms with Gasteiger partial charge in [0.25, 0.3) is 11.1 Å². The lowest BCUT2D eigenvalue weighted by Crippen LogP contribution is -2.46. The smallest absolute Gasteiger partial charge is 0.295 e. The minimum atomic E-state index is -0.414. The number of nitrogens with zero attached hydrogens (tertiary/aromatic N) is 2. The van der Waals surface area contributed by atoms with Crippen LogP contribution < -0.4 is 4.90 Å². The first-order chi connectivity index (χ1) is 10.1. The number of carbonyl (C=O) groups excluding carboxylic acids is 2. The summed E-state index contributed by atoms with van der Waals surface area (Å²) in [5.41, 5.74) is 2.89. The first-order valence-electron chi connectivity index (χ1n) is 7.01. The maximum atomic E-state index is 12.6. The molecule has 0 aliphatic carbocycles. The number of hydrogen-bond acceptors (Lipinski definition) is 5.